The van der Waals surface area contributed by atoms with Crippen LogP contribution in [0.15, 0.2) is 46.0 Å². The summed E-state index contributed by atoms with van der Waals surface area (Å²) >= 11 is 0. The summed E-state index contributed by atoms with van der Waals surface area (Å²) in [5.41, 5.74) is 0. The van der Waals surface area contributed by atoms with E-state index in [1.54, 1.807) is 30.3 Å². The Morgan fingerprint density at radius 1 is 1.05 bits per heavy atom. The number of hydrogen-bond donors (Lipinski definition) is 0. The molecular weight excluding hydrogens is 500 g/mol. The molecule has 0 radical (unpaired) electrons. The summed E-state index contributed by atoms with van der Waals surface area (Å²) in [6.07, 6.45) is 4.22. The van der Waals surface area contributed by atoms with Crippen LogP contribution in [0.5, 0.6) is 0 Å². The van der Waals surface area contributed by atoms with Gasteiger partial charge in [-0.05, 0) is 69.4 Å². The third-order valence-electron chi connectivity index (χ3n) is 8.27. The van der Waals surface area contributed by atoms with E-state index in [2.05, 4.69) is 61.6 Å². The molecule has 0 bridgehead atoms. The molecule has 37 heavy (non-hydrogen) atoms. The highest BCUT2D eigenvalue weighted by molar-refractivity contribution is 7.95. The number of nitriles is 1. The lowest BCUT2D eigenvalue weighted by Gasteiger charge is -2.36. The Hall–Kier alpha value is -1.86. The van der Waals surface area contributed by atoms with Crippen LogP contribution >= 0.6 is 0 Å². The highest BCUT2D eigenvalue weighted by Crippen LogP contribution is 2.36. The monoisotopic (exact) mass is 546 g/mol. The molecule has 7 nitrogen and oxygen atoms in total. The fourth-order valence-electron chi connectivity index (χ4n) is 4.91. The van der Waals surface area contributed by atoms with Gasteiger partial charge in [0.15, 0.2) is 13.2 Å². The zero-order valence-corrected chi connectivity index (χ0v) is 25.5. The first-order chi connectivity index (χ1) is 17.4. The minimum atomic E-state index is -3.92. The summed E-state index contributed by atoms with van der Waals surface area (Å²) in [6, 6.07) is 11.0. The lowest BCUT2D eigenvalue weighted by atomic mass is 10.2. The maximum atomic E-state index is 13.6. The maximum absolute atomic E-state index is 13.6. The SMILES string of the molecule is C[C@@H]1CCCN1CCCN1CCN(CCCO[Si](C)(C)C(C)(C)C)/C1=C(/C#N)S(=O)(=O)c1ccccc1. The Morgan fingerprint density at radius 3 is 2.22 bits per heavy atom. The topological polar surface area (TPSA) is 76.9 Å². The molecule has 0 amide bonds. The van der Waals surface area contributed by atoms with E-state index in [0.29, 0.717) is 31.6 Å². The Balaban J connectivity index is 1.79. The van der Waals surface area contributed by atoms with Crippen LogP contribution in [0.4, 0.5) is 0 Å². The smallest absolute Gasteiger partial charge is 0.220 e. The van der Waals surface area contributed by atoms with E-state index in [9.17, 15) is 13.7 Å². The van der Waals surface area contributed by atoms with Gasteiger partial charge in [0.25, 0.3) is 0 Å². The molecule has 0 aliphatic carbocycles. The second-order valence-corrected chi connectivity index (χ2v) is 18.6. The molecule has 2 fully saturated rings. The van der Waals surface area contributed by atoms with Gasteiger partial charge in [-0.1, -0.05) is 39.0 Å². The van der Waals surface area contributed by atoms with Crippen molar-refractivity contribution in [2.24, 2.45) is 0 Å². The van der Waals surface area contributed by atoms with Crippen molar-refractivity contribution in [3.05, 3.63) is 41.1 Å². The number of allylic oxidation sites excluding steroid dienone is 1. The molecule has 0 N–H and O–H groups in total. The molecule has 3 rings (SSSR count). The van der Waals surface area contributed by atoms with Crippen LogP contribution < -0.4 is 0 Å². The minimum absolute atomic E-state index is 0.143. The summed E-state index contributed by atoms with van der Waals surface area (Å²) in [6.45, 7) is 19.1. The van der Waals surface area contributed by atoms with E-state index in [1.807, 2.05) is 0 Å². The Morgan fingerprint density at radius 2 is 1.68 bits per heavy atom. The largest absolute Gasteiger partial charge is 0.417 e. The van der Waals surface area contributed by atoms with Gasteiger partial charge in [-0.3, -0.25) is 0 Å². The standard InChI is InChI=1S/C28H46N4O3SSi/c1-24-13-10-16-30(24)17-11-18-31-20-21-32(19-12-22-35-37(5,6)28(2,3)4)27(31)26(23-29)36(33,34)25-14-8-7-9-15-25/h7-9,14-15,24H,10-13,16-22H2,1-6H3/b27-26-/t24-/m1/s1. The molecule has 0 spiro atoms. The van der Waals surface area contributed by atoms with Crippen LogP contribution in [0.25, 0.3) is 0 Å². The average Bonchev–Trinajstić information content (AvgIpc) is 3.43. The third-order valence-corrected chi connectivity index (χ3v) is 14.5. The number of hydrogen-bond acceptors (Lipinski definition) is 7. The zero-order chi connectivity index (χ0) is 27.3. The van der Waals surface area contributed by atoms with E-state index >= 15 is 0 Å². The van der Waals surface area contributed by atoms with Crippen molar-refractivity contribution in [2.75, 3.05) is 45.9 Å². The van der Waals surface area contributed by atoms with Gasteiger partial charge in [-0.25, -0.2) is 8.42 Å². The number of likely N-dealkylation sites (tertiary alicyclic amines) is 1. The molecule has 9 heteroatoms. The normalized spacial score (nSPS) is 20.9. The van der Waals surface area contributed by atoms with E-state index in [1.165, 1.54) is 12.8 Å². The number of sulfone groups is 1. The Bertz CT molecular complexity index is 1080. The van der Waals surface area contributed by atoms with E-state index in [4.69, 9.17) is 4.43 Å². The van der Waals surface area contributed by atoms with Crippen LogP contribution in [-0.4, -0.2) is 83.4 Å². The molecule has 0 saturated carbocycles. The summed E-state index contributed by atoms with van der Waals surface area (Å²) in [5, 5.41) is 10.3. The van der Waals surface area contributed by atoms with Crippen LogP contribution in [0, 0.1) is 11.3 Å². The van der Waals surface area contributed by atoms with Gasteiger partial charge in [0.1, 0.15) is 11.9 Å². The average molecular weight is 547 g/mol. The fraction of sp³-hybridized carbons (Fsp3) is 0.679. The predicted octanol–water partition coefficient (Wildman–Crippen LogP) is 5.06. The van der Waals surface area contributed by atoms with Gasteiger partial charge < -0.3 is 19.1 Å². The summed E-state index contributed by atoms with van der Waals surface area (Å²) < 4.78 is 33.5. The van der Waals surface area contributed by atoms with Crippen molar-refractivity contribution in [2.45, 2.75) is 82.4 Å². The minimum Gasteiger partial charge on any atom is -0.417 e. The van der Waals surface area contributed by atoms with Gasteiger partial charge in [0.2, 0.25) is 9.84 Å². The van der Waals surface area contributed by atoms with Gasteiger partial charge in [-0.2, -0.15) is 5.26 Å². The first-order valence-electron chi connectivity index (χ1n) is 13.7. The van der Waals surface area contributed by atoms with E-state index in [-0.39, 0.29) is 14.8 Å². The van der Waals surface area contributed by atoms with Crippen LogP contribution in [-0.2, 0) is 14.3 Å². The van der Waals surface area contributed by atoms with Gasteiger partial charge >= 0.3 is 0 Å². The van der Waals surface area contributed by atoms with Gasteiger partial charge in [0.05, 0.1) is 4.90 Å². The predicted molar refractivity (Wildman–Crippen MR) is 152 cm³/mol. The maximum Gasteiger partial charge on any atom is 0.220 e. The Kier molecular flexibility index (Phi) is 9.89. The zero-order valence-electron chi connectivity index (χ0n) is 23.7. The second-order valence-electron chi connectivity index (χ2n) is 11.9. The molecule has 1 aromatic rings. The fourth-order valence-corrected chi connectivity index (χ4v) is 7.37. The Labute approximate surface area is 226 Å². The van der Waals surface area contributed by atoms with Crippen molar-refractivity contribution in [3.63, 3.8) is 0 Å². The van der Waals surface area contributed by atoms with Crippen molar-refractivity contribution in [1.29, 1.82) is 5.26 Å². The van der Waals surface area contributed by atoms with Crippen LogP contribution in [0.3, 0.4) is 0 Å². The van der Waals surface area contributed by atoms with Gasteiger partial charge in [-0.15, -0.1) is 0 Å². The van der Waals surface area contributed by atoms with Crippen molar-refractivity contribution in [3.8, 4) is 6.07 Å². The molecule has 2 saturated heterocycles. The number of benzene rings is 1. The van der Waals surface area contributed by atoms with Crippen molar-refractivity contribution in [1.82, 2.24) is 14.7 Å². The molecule has 1 aromatic carbocycles. The molecule has 2 aliphatic heterocycles. The van der Waals surface area contributed by atoms with Crippen LogP contribution in [0.1, 0.15) is 53.4 Å². The third kappa shape index (κ3) is 7.17. The van der Waals surface area contributed by atoms with E-state index in [0.717, 1.165) is 39.0 Å². The molecule has 0 aromatic heterocycles. The van der Waals surface area contributed by atoms with Crippen molar-refractivity contribution >= 4 is 18.2 Å². The van der Waals surface area contributed by atoms with Gasteiger partial charge in [0, 0.05) is 45.4 Å². The second kappa shape index (κ2) is 12.3. The lowest BCUT2D eigenvalue weighted by molar-refractivity contribution is 0.240. The number of rotatable bonds is 11. The molecule has 2 aliphatic rings. The lowest BCUT2D eigenvalue weighted by Crippen LogP contribution is -2.41. The molecular formula is C28H46N4O3SSi. The van der Waals surface area contributed by atoms with Crippen molar-refractivity contribution < 1.29 is 12.8 Å². The molecule has 2 heterocycles. The first kappa shape index (κ1) is 29.7. The molecule has 206 valence electrons. The van der Waals surface area contributed by atoms with E-state index < -0.39 is 18.2 Å². The summed E-state index contributed by atoms with van der Waals surface area (Å²) in [5.74, 6) is 0.563. The summed E-state index contributed by atoms with van der Waals surface area (Å²) in [7, 11) is -5.77. The molecule has 0 unspecified atom stereocenters. The first-order valence-corrected chi connectivity index (χ1v) is 18.1. The molecule has 1 atom stereocenters. The summed E-state index contributed by atoms with van der Waals surface area (Å²) in [4.78, 5) is 6.75. The highest BCUT2D eigenvalue weighted by Gasteiger charge is 2.37. The highest BCUT2D eigenvalue weighted by atomic mass is 32.2. The van der Waals surface area contributed by atoms with Crippen LogP contribution in [0.2, 0.25) is 18.1 Å². The quantitative estimate of drug-likeness (QED) is 0.218. The number of nitrogens with zero attached hydrogens (tertiary/aromatic N) is 4.